The molecule has 0 spiro atoms. The zero-order valence-corrected chi connectivity index (χ0v) is 18.8. The van der Waals surface area contributed by atoms with Gasteiger partial charge in [0.25, 0.3) is 5.91 Å². The van der Waals surface area contributed by atoms with Gasteiger partial charge in [-0.3, -0.25) is 14.4 Å². The van der Waals surface area contributed by atoms with E-state index in [1.807, 2.05) is 6.92 Å². The Bertz CT molecular complexity index is 990. The third-order valence-electron chi connectivity index (χ3n) is 4.78. The van der Waals surface area contributed by atoms with E-state index in [0.29, 0.717) is 12.2 Å². The molecule has 1 amide bonds. The number of para-hydroxylation sites is 1. The lowest BCUT2D eigenvalue weighted by molar-refractivity contribution is 0.0824. The molecule has 11 heteroatoms. The Balaban J connectivity index is 2.48. The first-order chi connectivity index (χ1) is 14.6. The molecule has 10 nitrogen and oxygen atoms in total. The Kier molecular flexibility index (Phi) is 7.95. The van der Waals surface area contributed by atoms with Gasteiger partial charge >= 0.3 is 0 Å². The standard InChI is InChI=1S/C20H27N5O5S/c1-6-14(16-11-8-12-30-16)24(4)18(21)19(22-31(28)29)25(5)15-10-7-9-13(17(15)26)20(27)23(2)3/h7-12,14,21,26H,6H2,1-5H3,(H,28,29)/p-1/t14-/m1/s1. The lowest BCUT2D eigenvalue weighted by Gasteiger charge is -2.32. The van der Waals surface area contributed by atoms with E-state index in [9.17, 15) is 18.7 Å². The number of phenolic OH excluding ortho intramolecular Hbond substituents is 1. The second-order valence-corrected chi connectivity index (χ2v) is 7.58. The highest BCUT2D eigenvalue weighted by Crippen LogP contribution is 2.32. The first kappa shape index (κ1) is 24.1. The summed E-state index contributed by atoms with van der Waals surface area (Å²) in [6.45, 7) is 1.91. The van der Waals surface area contributed by atoms with E-state index in [2.05, 4.69) is 4.40 Å². The molecule has 0 fully saturated rings. The molecule has 1 heterocycles. The molecule has 1 aromatic carbocycles. The number of phenols is 1. The number of hydrogen-bond donors (Lipinski definition) is 2. The zero-order chi connectivity index (χ0) is 23.3. The highest BCUT2D eigenvalue weighted by molar-refractivity contribution is 7.78. The topological polar surface area (TPSA) is 136 Å². The van der Waals surface area contributed by atoms with Crippen molar-refractivity contribution in [2.24, 2.45) is 4.40 Å². The summed E-state index contributed by atoms with van der Waals surface area (Å²) in [6, 6.07) is 7.68. The molecule has 0 aliphatic rings. The van der Waals surface area contributed by atoms with Crippen molar-refractivity contribution in [1.82, 2.24) is 9.80 Å². The normalized spacial score (nSPS) is 13.4. The van der Waals surface area contributed by atoms with Crippen LogP contribution in [0.15, 0.2) is 45.4 Å². The fourth-order valence-corrected chi connectivity index (χ4v) is 3.47. The van der Waals surface area contributed by atoms with Crippen LogP contribution in [0.4, 0.5) is 5.69 Å². The van der Waals surface area contributed by atoms with Crippen molar-refractivity contribution in [2.75, 3.05) is 33.1 Å². The van der Waals surface area contributed by atoms with Gasteiger partial charge in [0, 0.05) is 28.2 Å². The Morgan fingerprint density at radius 1 is 1.26 bits per heavy atom. The largest absolute Gasteiger partial charge is 0.754 e. The third-order valence-corrected chi connectivity index (χ3v) is 5.10. The second-order valence-electron chi connectivity index (χ2n) is 6.96. The molecule has 168 valence electrons. The van der Waals surface area contributed by atoms with Gasteiger partial charge in [-0.25, -0.2) is 0 Å². The summed E-state index contributed by atoms with van der Waals surface area (Å²) in [6.07, 6.45) is 2.11. The first-order valence-electron chi connectivity index (χ1n) is 9.40. The quantitative estimate of drug-likeness (QED) is 0.393. The first-order valence-corrected chi connectivity index (χ1v) is 10.4. The lowest BCUT2D eigenvalue weighted by Crippen LogP contribution is -2.43. The summed E-state index contributed by atoms with van der Waals surface area (Å²) in [5.74, 6) is -0.595. The van der Waals surface area contributed by atoms with Crippen LogP contribution in [0.3, 0.4) is 0 Å². The van der Waals surface area contributed by atoms with Gasteiger partial charge < -0.3 is 28.8 Å². The van der Waals surface area contributed by atoms with Crippen molar-refractivity contribution >= 4 is 34.5 Å². The van der Waals surface area contributed by atoms with Crippen molar-refractivity contribution < 1.29 is 23.1 Å². The average molecular weight is 449 g/mol. The van der Waals surface area contributed by atoms with Crippen LogP contribution in [0.1, 0.15) is 35.5 Å². The lowest BCUT2D eigenvalue weighted by atomic mass is 10.1. The van der Waals surface area contributed by atoms with E-state index in [-0.39, 0.29) is 34.7 Å². The van der Waals surface area contributed by atoms with E-state index in [1.54, 1.807) is 39.3 Å². The van der Waals surface area contributed by atoms with Crippen LogP contribution in [0, 0.1) is 5.41 Å². The van der Waals surface area contributed by atoms with Crippen molar-refractivity contribution in [2.45, 2.75) is 19.4 Å². The maximum Gasteiger partial charge on any atom is 0.257 e. The van der Waals surface area contributed by atoms with E-state index in [4.69, 9.17) is 9.83 Å². The minimum absolute atomic E-state index is 0.0406. The van der Waals surface area contributed by atoms with Gasteiger partial charge in [-0.1, -0.05) is 13.0 Å². The Labute approximate surface area is 183 Å². The Morgan fingerprint density at radius 2 is 1.94 bits per heavy atom. The van der Waals surface area contributed by atoms with E-state index in [1.165, 1.54) is 40.1 Å². The summed E-state index contributed by atoms with van der Waals surface area (Å²) < 4.78 is 31.9. The number of hydrogen-bond acceptors (Lipinski definition) is 6. The molecular weight excluding hydrogens is 422 g/mol. The van der Waals surface area contributed by atoms with Gasteiger partial charge in [-0.05, 0) is 30.7 Å². The number of amides is 1. The molecule has 31 heavy (non-hydrogen) atoms. The number of likely N-dealkylation sites (N-methyl/N-ethyl adjacent to an activating group) is 2. The van der Waals surface area contributed by atoms with Crippen molar-refractivity contribution in [3.63, 3.8) is 0 Å². The molecule has 1 unspecified atom stereocenters. The number of rotatable bonds is 6. The molecule has 2 atom stereocenters. The summed E-state index contributed by atoms with van der Waals surface area (Å²) in [4.78, 5) is 16.4. The van der Waals surface area contributed by atoms with Crippen LogP contribution in [0.2, 0.25) is 0 Å². The van der Waals surface area contributed by atoms with Crippen LogP contribution >= 0.6 is 0 Å². The molecule has 2 rings (SSSR count). The van der Waals surface area contributed by atoms with Crippen molar-refractivity contribution in [1.29, 1.82) is 5.41 Å². The highest BCUT2D eigenvalue weighted by atomic mass is 32.2. The van der Waals surface area contributed by atoms with Crippen molar-refractivity contribution in [3.05, 3.63) is 47.9 Å². The smallest absolute Gasteiger partial charge is 0.257 e. The number of nitrogens with zero attached hydrogens (tertiary/aromatic N) is 4. The molecule has 0 saturated heterocycles. The molecule has 2 aromatic rings. The van der Waals surface area contributed by atoms with Crippen LogP contribution in [-0.4, -0.2) is 69.4 Å². The molecular formula is C20H26N5O5S-. The Morgan fingerprint density at radius 3 is 2.45 bits per heavy atom. The maximum atomic E-state index is 12.3. The summed E-state index contributed by atoms with van der Waals surface area (Å²) >= 11 is -2.86. The average Bonchev–Trinajstić information content (AvgIpc) is 3.25. The van der Waals surface area contributed by atoms with Crippen molar-refractivity contribution in [3.8, 4) is 5.75 Å². The summed E-state index contributed by atoms with van der Waals surface area (Å²) in [5.41, 5.74) is 0.167. The number of aromatic hydroxyl groups is 1. The number of carbonyl (C=O) groups is 1. The fourth-order valence-electron chi connectivity index (χ4n) is 3.12. The van der Waals surface area contributed by atoms with Crippen LogP contribution in [0.25, 0.3) is 0 Å². The minimum Gasteiger partial charge on any atom is -0.754 e. The number of anilines is 1. The number of furan rings is 1. The van der Waals surface area contributed by atoms with E-state index >= 15 is 0 Å². The van der Waals surface area contributed by atoms with Gasteiger partial charge in [0.1, 0.15) is 5.76 Å². The minimum atomic E-state index is -2.86. The van der Waals surface area contributed by atoms with Gasteiger partial charge in [-0.15, -0.1) is 0 Å². The number of carbonyl (C=O) groups excluding carboxylic acids is 1. The van der Waals surface area contributed by atoms with Crippen LogP contribution in [-0.2, 0) is 11.3 Å². The number of nitrogens with one attached hydrogen (secondary N) is 1. The second kappa shape index (κ2) is 10.2. The molecule has 0 radical (unpaired) electrons. The predicted octanol–water partition coefficient (Wildman–Crippen LogP) is 2.38. The highest BCUT2D eigenvalue weighted by Gasteiger charge is 2.27. The molecule has 2 N–H and O–H groups in total. The van der Waals surface area contributed by atoms with E-state index in [0.717, 1.165) is 0 Å². The van der Waals surface area contributed by atoms with Crippen LogP contribution in [0.5, 0.6) is 5.75 Å². The SMILES string of the molecule is CC[C@H](c1ccco1)N(C)C(=N)C(=NS(=O)[O-])N(C)c1cccc(C(=O)N(C)C)c1O. The monoisotopic (exact) mass is 448 g/mol. The molecule has 1 aromatic heterocycles. The molecule has 0 aliphatic carbocycles. The predicted molar refractivity (Wildman–Crippen MR) is 118 cm³/mol. The van der Waals surface area contributed by atoms with Gasteiger partial charge in [0.15, 0.2) is 17.4 Å². The van der Waals surface area contributed by atoms with Crippen LogP contribution < -0.4 is 4.90 Å². The molecule has 0 aliphatic heterocycles. The summed E-state index contributed by atoms with van der Waals surface area (Å²) in [5, 5.41) is 19.3. The number of amidine groups is 2. The maximum absolute atomic E-state index is 12.3. The van der Waals surface area contributed by atoms with E-state index < -0.39 is 17.2 Å². The third kappa shape index (κ3) is 5.30. The van der Waals surface area contributed by atoms with Gasteiger partial charge in [0.2, 0.25) is 0 Å². The zero-order valence-electron chi connectivity index (χ0n) is 18.0. The fraction of sp³-hybridized carbons (Fsp3) is 0.350. The number of benzene rings is 1. The molecule has 0 bridgehead atoms. The van der Waals surface area contributed by atoms with Gasteiger partial charge in [-0.2, -0.15) is 4.40 Å². The summed E-state index contributed by atoms with van der Waals surface area (Å²) in [7, 11) is 6.19. The van der Waals surface area contributed by atoms with Gasteiger partial charge in [0.05, 0.1) is 34.8 Å². The molecule has 0 saturated carbocycles. The Hall–Kier alpha value is -3.18.